The summed E-state index contributed by atoms with van der Waals surface area (Å²) in [7, 11) is 0. The Kier molecular flexibility index (Phi) is 3.62. The van der Waals surface area contributed by atoms with Gasteiger partial charge in [0.1, 0.15) is 0 Å². The molecule has 2 unspecified atom stereocenters. The molecule has 1 heteroatoms. The molecule has 0 aliphatic heterocycles. The molecule has 1 N–H and O–H groups in total. The predicted octanol–water partition coefficient (Wildman–Crippen LogP) is 4.40. The van der Waals surface area contributed by atoms with Crippen molar-refractivity contribution in [3.05, 3.63) is 71.3 Å². The molecule has 1 nitrogen and oxygen atoms in total. The van der Waals surface area contributed by atoms with Gasteiger partial charge in [0, 0.05) is 0 Å². The lowest BCUT2D eigenvalue weighted by atomic mass is 9.72. The smallest absolute Gasteiger partial charge is 0.0902 e. The Morgan fingerprint density at radius 2 is 1.75 bits per heavy atom. The van der Waals surface area contributed by atoms with Gasteiger partial charge >= 0.3 is 0 Å². The van der Waals surface area contributed by atoms with Gasteiger partial charge < -0.3 is 5.11 Å². The van der Waals surface area contributed by atoms with Crippen molar-refractivity contribution in [2.45, 2.75) is 44.1 Å². The zero-order valence-electron chi connectivity index (χ0n) is 12.0. The van der Waals surface area contributed by atoms with E-state index in [0.717, 1.165) is 31.2 Å². The predicted molar refractivity (Wildman–Crippen MR) is 82.8 cm³/mol. The molecule has 3 rings (SSSR count). The first-order chi connectivity index (χ1) is 9.69. The maximum Gasteiger partial charge on any atom is 0.0902 e. The van der Waals surface area contributed by atoms with Gasteiger partial charge in [-0.3, -0.25) is 0 Å². The van der Waals surface area contributed by atoms with Crippen LogP contribution in [0.5, 0.6) is 0 Å². The van der Waals surface area contributed by atoms with E-state index in [1.807, 2.05) is 12.1 Å². The third-order valence-electron chi connectivity index (χ3n) is 4.65. The summed E-state index contributed by atoms with van der Waals surface area (Å²) in [4.78, 5) is 0. The highest BCUT2D eigenvalue weighted by Crippen LogP contribution is 2.43. The molecule has 20 heavy (non-hydrogen) atoms. The highest BCUT2D eigenvalue weighted by molar-refractivity contribution is 5.37. The van der Waals surface area contributed by atoms with Crippen molar-refractivity contribution in [3.8, 4) is 0 Å². The lowest BCUT2D eigenvalue weighted by Crippen LogP contribution is -2.32. The van der Waals surface area contributed by atoms with E-state index in [0.29, 0.717) is 5.92 Å². The summed E-state index contributed by atoms with van der Waals surface area (Å²) in [5, 5.41) is 11.1. The molecule has 0 aromatic heterocycles. The number of benzene rings is 2. The molecule has 2 atom stereocenters. The van der Waals surface area contributed by atoms with Crippen LogP contribution in [0.2, 0.25) is 0 Å². The number of aryl methyl sites for hydroxylation is 1. The Balaban J connectivity index is 1.84. The monoisotopic (exact) mass is 266 g/mol. The lowest BCUT2D eigenvalue weighted by molar-refractivity contribution is 0.00732. The van der Waals surface area contributed by atoms with E-state index in [9.17, 15) is 5.11 Å². The molecule has 2 aromatic carbocycles. The molecule has 0 spiro atoms. The fraction of sp³-hybridized carbons (Fsp3) is 0.368. The third kappa shape index (κ3) is 2.51. The summed E-state index contributed by atoms with van der Waals surface area (Å²) in [5.41, 5.74) is 3.12. The molecule has 2 aromatic rings. The van der Waals surface area contributed by atoms with E-state index in [1.165, 1.54) is 11.1 Å². The van der Waals surface area contributed by atoms with Gasteiger partial charge in [0.25, 0.3) is 0 Å². The minimum atomic E-state index is -0.654. The van der Waals surface area contributed by atoms with Gasteiger partial charge in [-0.2, -0.15) is 0 Å². The van der Waals surface area contributed by atoms with Crippen molar-refractivity contribution in [2.24, 2.45) is 0 Å². The molecule has 0 fully saturated rings. The van der Waals surface area contributed by atoms with Crippen LogP contribution in [0, 0.1) is 0 Å². The van der Waals surface area contributed by atoms with Gasteiger partial charge in [0.05, 0.1) is 5.60 Å². The summed E-state index contributed by atoms with van der Waals surface area (Å²) in [5.74, 6) is 0.559. The SMILES string of the molecule is CC1CCC(O)(CCc2ccccc2)c2ccccc21. The van der Waals surface area contributed by atoms with Crippen molar-refractivity contribution in [3.63, 3.8) is 0 Å². The fourth-order valence-electron chi connectivity index (χ4n) is 3.35. The number of hydrogen-bond donors (Lipinski definition) is 1. The van der Waals surface area contributed by atoms with Gasteiger partial charge in [-0.05, 0) is 48.3 Å². The number of aliphatic hydroxyl groups is 1. The first kappa shape index (κ1) is 13.4. The highest BCUT2D eigenvalue weighted by Gasteiger charge is 2.36. The topological polar surface area (TPSA) is 20.2 Å². The lowest BCUT2D eigenvalue weighted by Gasteiger charge is -2.37. The second-order valence-corrected chi connectivity index (χ2v) is 6.04. The Labute approximate surface area is 121 Å². The summed E-state index contributed by atoms with van der Waals surface area (Å²) in [6, 6.07) is 18.9. The molecule has 0 radical (unpaired) electrons. The van der Waals surface area contributed by atoms with Crippen molar-refractivity contribution >= 4 is 0 Å². The molecule has 0 saturated heterocycles. The maximum absolute atomic E-state index is 11.1. The summed E-state index contributed by atoms with van der Waals surface area (Å²) in [6.07, 6.45) is 3.68. The van der Waals surface area contributed by atoms with Crippen molar-refractivity contribution in [2.75, 3.05) is 0 Å². The summed E-state index contributed by atoms with van der Waals surface area (Å²) in [6.45, 7) is 2.26. The summed E-state index contributed by atoms with van der Waals surface area (Å²) >= 11 is 0. The first-order valence-corrected chi connectivity index (χ1v) is 7.55. The van der Waals surface area contributed by atoms with E-state index >= 15 is 0 Å². The molecule has 0 bridgehead atoms. The van der Waals surface area contributed by atoms with Gasteiger partial charge in [-0.1, -0.05) is 61.5 Å². The van der Waals surface area contributed by atoms with Crippen LogP contribution < -0.4 is 0 Å². The van der Waals surface area contributed by atoms with Gasteiger partial charge in [-0.25, -0.2) is 0 Å². The van der Waals surface area contributed by atoms with Crippen molar-refractivity contribution in [1.29, 1.82) is 0 Å². The average Bonchev–Trinajstić information content (AvgIpc) is 2.51. The van der Waals surface area contributed by atoms with Crippen molar-refractivity contribution < 1.29 is 5.11 Å². The van der Waals surface area contributed by atoms with Gasteiger partial charge in [0.15, 0.2) is 0 Å². The molecule has 1 aliphatic rings. The molecule has 1 aliphatic carbocycles. The third-order valence-corrected chi connectivity index (χ3v) is 4.65. The van der Waals surface area contributed by atoms with Gasteiger partial charge in [0.2, 0.25) is 0 Å². The zero-order chi connectivity index (χ0) is 14.0. The van der Waals surface area contributed by atoms with Crippen LogP contribution in [0.3, 0.4) is 0 Å². The van der Waals surface area contributed by atoms with Crippen LogP contribution in [0.25, 0.3) is 0 Å². The largest absolute Gasteiger partial charge is 0.385 e. The Hall–Kier alpha value is -1.60. The average molecular weight is 266 g/mol. The number of rotatable bonds is 3. The first-order valence-electron chi connectivity index (χ1n) is 7.55. The molecule has 0 heterocycles. The Bertz CT molecular complexity index is 575. The molecule has 104 valence electrons. The van der Waals surface area contributed by atoms with Gasteiger partial charge in [-0.15, -0.1) is 0 Å². The van der Waals surface area contributed by atoms with E-state index in [-0.39, 0.29) is 0 Å². The van der Waals surface area contributed by atoms with E-state index in [1.54, 1.807) is 0 Å². The zero-order valence-corrected chi connectivity index (χ0v) is 12.0. The van der Waals surface area contributed by atoms with Crippen LogP contribution in [-0.2, 0) is 12.0 Å². The van der Waals surface area contributed by atoms with Crippen LogP contribution in [0.15, 0.2) is 54.6 Å². The van der Waals surface area contributed by atoms with Crippen LogP contribution in [0.1, 0.15) is 48.8 Å². The molecule has 0 saturated carbocycles. The molecular weight excluding hydrogens is 244 g/mol. The quantitative estimate of drug-likeness (QED) is 0.872. The maximum atomic E-state index is 11.1. The number of fused-ring (bicyclic) bond motifs is 1. The summed E-state index contributed by atoms with van der Waals surface area (Å²) < 4.78 is 0. The standard InChI is InChI=1S/C19H22O/c1-15-11-13-19(20,18-10-6-5-9-17(15)18)14-12-16-7-3-2-4-8-16/h2-10,15,20H,11-14H2,1H3. The minimum absolute atomic E-state index is 0.559. The second kappa shape index (κ2) is 5.41. The highest BCUT2D eigenvalue weighted by atomic mass is 16.3. The second-order valence-electron chi connectivity index (χ2n) is 6.04. The molecule has 0 amide bonds. The van der Waals surface area contributed by atoms with E-state index in [4.69, 9.17) is 0 Å². The Morgan fingerprint density at radius 3 is 2.55 bits per heavy atom. The van der Waals surface area contributed by atoms with Crippen LogP contribution in [0.4, 0.5) is 0 Å². The van der Waals surface area contributed by atoms with Crippen LogP contribution in [-0.4, -0.2) is 5.11 Å². The van der Waals surface area contributed by atoms with E-state index < -0.39 is 5.60 Å². The van der Waals surface area contributed by atoms with E-state index in [2.05, 4.69) is 49.4 Å². The fourth-order valence-corrected chi connectivity index (χ4v) is 3.35. The normalized spacial score (nSPS) is 25.2. The Morgan fingerprint density at radius 1 is 1.05 bits per heavy atom. The van der Waals surface area contributed by atoms with Crippen LogP contribution >= 0.6 is 0 Å². The van der Waals surface area contributed by atoms with Crippen molar-refractivity contribution in [1.82, 2.24) is 0 Å². The number of hydrogen-bond acceptors (Lipinski definition) is 1. The minimum Gasteiger partial charge on any atom is -0.385 e. The molecular formula is C19H22O.